The molecule has 55 heavy (non-hydrogen) atoms. The number of anilines is 3. The summed E-state index contributed by atoms with van der Waals surface area (Å²) in [5.41, 5.74) is 13.7. The highest BCUT2D eigenvalue weighted by molar-refractivity contribution is 7.26. The topological polar surface area (TPSA) is 3.24 Å². The summed E-state index contributed by atoms with van der Waals surface area (Å²) >= 11 is 1.89. The van der Waals surface area contributed by atoms with Crippen LogP contribution in [0.2, 0.25) is 0 Å². The van der Waals surface area contributed by atoms with Crippen LogP contribution in [0.25, 0.3) is 75.1 Å². The van der Waals surface area contributed by atoms with E-state index in [1.165, 1.54) is 86.2 Å². The van der Waals surface area contributed by atoms with E-state index in [1.807, 2.05) is 11.3 Å². The van der Waals surface area contributed by atoms with E-state index in [-0.39, 0.29) is 5.41 Å². The zero-order valence-corrected chi connectivity index (χ0v) is 31.6. The van der Waals surface area contributed by atoms with Gasteiger partial charge in [0.25, 0.3) is 0 Å². The molecule has 0 aliphatic heterocycles. The summed E-state index contributed by atoms with van der Waals surface area (Å²) < 4.78 is 2.62. The fraction of sp³-hybridized carbons (Fsp3) is 0.0566. The van der Waals surface area contributed by atoms with Gasteiger partial charge in [0.2, 0.25) is 0 Å². The molecule has 0 atom stereocenters. The van der Waals surface area contributed by atoms with Gasteiger partial charge in [0.1, 0.15) is 0 Å². The lowest BCUT2D eigenvalue weighted by atomic mass is 9.82. The molecule has 0 amide bonds. The number of nitrogens with zero attached hydrogens (tertiary/aromatic N) is 1. The first-order valence-electron chi connectivity index (χ1n) is 19.1. The molecular formula is C53H37NS. The number of hydrogen-bond donors (Lipinski definition) is 0. The van der Waals surface area contributed by atoms with Crippen LogP contribution in [0.4, 0.5) is 17.1 Å². The van der Waals surface area contributed by atoms with Crippen molar-refractivity contribution in [3.8, 4) is 33.4 Å². The molecule has 1 nitrogen and oxygen atoms in total. The molecule has 1 aromatic heterocycles. The predicted octanol–water partition coefficient (Wildman–Crippen LogP) is 15.5. The Kier molecular flexibility index (Phi) is 7.14. The van der Waals surface area contributed by atoms with Crippen molar-refractivity contribution in [3.05, 3.63) is 199 Å². The van der Waals surface area contributed by atoms with Crippen LogP contribution < -0.4 is 4.90 Å². The van der Waals surface area contributed by atoms with Crippen LogP contribution in [0.1, 0.15) is 25.0 Å². The Bertz CT molecular complexity index is 3150. The lowest BCUT2D eigenvalue weighted by Gasteiger charge is -2.31. The van der Waals surface area contributed by atoms with Gasteiger partial charge in [-0.2, -0.15) is 0 Å². The molecule has 0 fully saturated rings. The normalized spacial score (nSPS) is 13.1. The SMILES string of the molecule is CC1(C)c2ccccc2-c2c(-c3ccccc3N(c3ccccc3-c3cccc4c3sc3ccccc34)c3cccc4c3ccc3ccccc34)cccc21. The van der Waals surface area contributed by atoms with Gasteiger partial charge in [-0.3, -0.25) is 0 Å². The van der Waals surface area contributed by atoms with E-state index in [0.717, 1.165) is 17.1 Å². The Morgan fingerprint density at radius 2 is 0.909 bits per heavy atom. The van der Waals surface area contributed by atoms with Crippen LogP contribution in [-0.2, 0) is 5.41 Å². The van der Waals surface area contributed by atoms with Crippen LogP contribution in [0.5, 0.6) is 0 Å². The molecule has 0 saturated carbocycles. The Labute approximate surface area is 325 Å². The van der Waals surface area contributed by atoms with E-state index in [1.54, 1.807) is 0 Å². The van der Waals surface area contributed by atoms with Gasteiger partial charge in [0.05, 0.1) is 17.1 Å². The molecule has 11 rings (SSSR count). The zero-order chi connectivity index (χ0) is 36.7. The van der Waals surface area contributed by atoms with Crippen molar-refractivity contribution in [1.29, 1.82) is 0 Å². The summed E-state index contributed by atoms with van der Waals surface area (Å²) in [6.45, 7) is 4.73. The number of rotatable bonds is 5. The van der Waals surface area contributed by atoms with Gasteiger partial charge in [-0.15, -0.1) is 11.3 Å². The van der Waals surface area contributed by atoms with Crippen molar-refractivity contribution in [1.82, 2.24) is 0 Å². The zero-order valence-electron chi connectivity index (χ0n) is 30.8. The van der Waals surface area contributed by atoms with E-state index in [4.69, 9.17) is 0 Å². The third-order valence-corrected chi connectivity index (χ3v) is 13.1. The average molecular weight is 720 g/mol. The Morgan fingerprint density at radius 3 is 1.75 bits per heavy atom. The van der Waals surface area contributed by atoms with E-state index in [0.29, 0.717) is 0 Å². The summed E-state index contributed by atoms with van der Waals surface area (Å²) in [6, 6.07) is 69.7. The minimum atomic E-state index is -0.0945. The molecule has 0 N–H and O–H groups in total. The van der Waals surface area contributed by atoms with Crippen molar-refractivity contribution in [2.24, 2.45) is 0 Å². The predicted molar refractivity (Wildman–Crippen MR) is 237 cm³/mol. The van der Waals surface area contributed by atoms with E-state index >= 15 is 0 Å². The standard InChI is InChI=1S/C53H37NS/c1-53(2)45-26-9-5-21-44(45)51-41(23-14-27-46(51)53)37-18-6-10-28-47(37)54(49-30-15-22-36-35-17-4-3-16-34(35)32-33-39(36)49)48-29-11-7-19-38(48)42-24-13-25-43-40-20-8-12-31-50(40)55-52(42)43/h3-33H,1-2H3. The van der Waals surface area contributed by atoms with Gasteiger partial charge in [-0.05, 0) is 68.2 Å². The minimum Gasteiger partial charge on any atom is -0.309 e. The van der Waals surface area contributed by atoms with Gasteiger partial charge in [0.15, 0.2) is 0 Å². The molecule has 2 heteroatoms. The second-order valence-electron chi connectivity index (χ2n) is 15.2. The first kappa shape index (κ1) is 32.0. The number of thiophene rings is 1. The van der Waals surface area contributed by atoms with Crippen molar-refractivity contribution >= 4 is 70.1 Å². The van der Waals surface area contributed by atoms with Gasteiger partial charge < -0.3 is 4.90 Å². The number of para-hydroxylation sites is 2. The molecule has 0 spiro atoms. The van der Waals surface area contributed by atoms with Gasteiger partial charge in [0, 0.05) is 47.7 Å². The quantitative estimate of drug-likeness (QED) is 0.160. The molecule has 1 aliphatic rings. The van der Waals surface area contributed by atoms with Crippen LogP contribution in [0, 0.1) is 0 Å². The summed E-state index contributed by atoms with van der Waals surface area (Å²) in [5.74, 6) is 0. The van der Waals surface area contributed by atoms with Gasteiger partial charge >= 0.3 is 0 Å². The molecule has 0 bridgehead atoms. The van der Waals surface area contributed by atoms with E-state index < -0.39 is 0 Å². The second kappa shape index (κ2) is 12.3. The molecule has 260 valence electrons. The van der Waals surface area contributed by atoms with Gasteiger partial charge in [-0.25, -0.2) is 0 Å². The Hall–Kier alpha value is -6.48. The summed E-state index contributed by atoms with van der Waals surface area (Å²) in [4.78, 5) is 2.54. The van der Waals surface area contributed by atoms with Crippen molar-refractivity contribution in [3.63, 3.8) is 0 Å². The molecule has 0 saturated heterocycles. The number of fused-ring (bicyclic) bond motifs is 9. The first-order chi connectivity index (χ1) is 27.1. The van der Waals surface area contributed by atoms with Gasteiger partial charge in [-0.1, -0.05) is 178 Å². The fourth-order valence-electron chi connectivity index (χ4n) is 9.34. The van der Waals surface area contributed by atoms with E-state index in [2.05, 4.69) is 207 Å². The van der Waals surface area contributed by atoms with Crippen LogP contribution in [-0.4, -0.2) is 0 Å². The summed E-state index contributed by atoms with van der Waals surface area (Å²) in [5, 5.41) is 7.59. The minimum absolute atomic E-state index is 0.0945. The third-order valence-electron chi connectivity index (χ3n) is 11.9. The maximum absolute atomic E-state index is 2.54. The maximum atomic E-state index is 2.54. The molecule has 9 aromatic carbocycles. The maximum Gasteiger partial charge on any atom is 0.0541 e. The molecule has 0 radical (unpaired) electrons. The molecule has 10 aromatic rings. The van der Waals surface area contributed by atoms with Crippen molar-refractivity contribution in [2.45, 2.75) is 19.3 Å². The molecular weight excluding hydrogens is 683 g/mol. The monoisotopic (exact) mass is 719 g/mol. The summed E-state index contributed by atoms with van der Waals surface area (Å²) in [7, 11) is 0. The first-order valence-corrected chi connectivity index (χ1v) is 19.9. The van der Waals surface area contributed by atoms with Crippen LogP contribution in [0.15, 0.2) is 188 Å². The van der Waals surface area contributed by atoms with Crippen LogP contribution in [0.3, 0.4) is 0 Å². The van der Waals surface area contributed by atoms with Crippen LogP contribution >= 0.6 is 11.3 Å². The largest absolute Gasteiger partial charge is 0.309 e. The van der Waals surface area contributed by atoms with Crippen molar-refractivity contribution < 1.29 is 0 Å². The van der Waals surface area contributed by atoms with Crippen molar-refractivity contribution in [2.75, 3.05) is 4.90 Å². The number of benzene rings is 9. The average Bonchev–Trinajstić information content (AvgIpc) is 3.74. The lowest BCUT2D eigenvalue weighted by Crippen LogP contribution is -2.15. The molecule has 1 heterocycles. The summed E-state index contributed by atoms with van der Waals surface area (Å²) in [6.07, 6.45) is 0. The molecule has 1 aliphatic carbocycles. The second-order valence-corrected chi connectivity index (χ2v) is 16.3. The highest BCUT2D eigenvalue weighted by Crippen LogP contribution is 2.55. The molecule has 0 unspecified atom stereocenters. The third kappa shape index (κ3) is 4.78. The Morgan fingerprint density at radius 1 is 0.364 bits per heavy atom. The fourth-order valence-corrected chi connectivity index (χ4v) is 10.6. The highest BCUT2D eigenvalue weighted by atomic mass is 32.1. The Balaban J connectivity index is 1.23. The number of hydrogen-bond acceptors (Lipinski definition) is 2. The lowest BCUT2D eigenvalue weighted by molar-refractivity contribution is 0.660. The smallest absolute Gasteiger partial charge is 0.0541 e. The van der Waals surface area contributed by atoms with E-state index in [9.17, 15) is 0 Å². The highest BCUT2D eigenvalue weighted by Gasteiger charge is 2.37.